The molecule has 0 amide bonds. The smallest absolute Gasteiger partial charge is 0.178 e. The van der Waals surface area contributed by atoms with E-state index in [9.17, 15) is 0 Å². The van der Waals surface area contributed by atoms with Crippen molar-refractivity contribution in [2.75, 3.05) is 0 Å². The molecule has 0 saturated carbocycles. The zero-order valence-electron chi connectivity index (χ0n) is 3.31. The third-order valence-corrected chi connectivity index (χ3v) is 0.552. The maximum atomic E-state index is 2.86. The number of allylic oxidation sites excluding steroid dienone is 6. The number of hydrogen-bond acceptors (Lipinski definition) is 0. The average Bonchev–Trinajstić information content (AvgIpc) is 1.72. The predicted molar refractivity (Wildman–Crippen MR) is 24.8 cm³/mol. The van der Waals surface area contributed by atoms with Crippen LogP contribution in [0.4, 0.5) is 0 Å². The first-order chi connectivity index (χ1) is 3.00. The highest BCUT2D eigenvalue weighted by molar-refractivity contribution is 5.14. The minimum Gasteiger partial charge on any atom is 0.178 e. The lowest BCUT2D eigenvalue weighted by atomic mass is 10.3. The zero-order chi connectivity index (χ0) is 4.24. The molecule has 0 nitrogen and oxygen atoms in total. The summed E-state index contributed by atoms with van der Waals surface area (Å²) in [5.74, 6) is 0. The van der Waals surface area contributed by atoms with Crippen LogP contribution < -0.4 is 0 Å². The molecule has 0 atom stereocenters. The molecule has 0 radical (unpaired) electrons. The van der Waals surface area contributed by atoms with E-state index in [0.717, 1.165) is 0 Å². The number of rotatable bonds is 0. The summed E-state index contributed by atoms with van der Waals surface area (Å²) in [6, 6.07) is 0. The van der Waals surface area contributed by atoms with Gasteiger partial charge >= 0.3 is 0 Å². The molecule has 0 aromatic heterocycles. The molecule has 0 N–H and O–H groups in total. The molecule has 26 valence electrons. The van der Waals surface area contributed by atoms with Crippen molar-refractivity contribution in [3.63, 3.8) is 0 Å². The Labute approximate surface area is 37.5 Å². The summed E-state index contributed by atoms with van der Waals surface area (Å²) in [4.78, 5) is 0. The fourth-order valence-corrected chi connectivity index (χ4v) is 0.304. The van der Waals surface area contributed by atoms with Gasteiger partial charge in [0.05, 0.1) is 0 Å². The van der Waals surface area contributed by atoms with E-state index in [-0.39, 0.29) is 0 Å². The van der Waals surface area contributed by atoms with Crippen molar-refractivity contribution < 1.29 is 0 Å². The first-order valence-corrected chi connectivity index (χ1v) is 1.82. The first-order valence-electron chi connectivity index (χ1n) is 1.82. The normalized spacial score (nSPS) is 13.3. The Hall–Kier alpha value is -0.960. The quantitative estimate of drug-likeness (QED) is 0.381. The van der Waals surface area contributed by atoms with Crippen LogP contribution in [0, 0.1) is 12.2 Å². The highest BCUT2D eigenvalue weighted by atomic mass is 13.7. The Morgan fingerprint density at radius 1 is 0.833 bits per heavy atom. The van der Waals surface area contributed by atoms with E-state index >= 15 is 0 Å². The van der Waals surface area contributed by atoms with Gasteiger partial charge in [0.25, 0.3) is 0 Å². The van der Waals surface area contributed by atoms with Gasteiger partial charge in [-0.1, -0.05) is 0 Å². The van der Waals surface area contributed by atoms with Gasteiger partial charge in [0.1, 0.15) is 0 Å². The molecular formula is C6H4+2. The van der Waals surface area contributed by atoms with Crippen LogP contribution in [0.25, 0.3) is 0 Å². The maximum Gasteiger partial charge on any atom is 0.214 e. The Bertz CT molecular complexity index is 69.4. The summed E-state index contributed by atoms with van der Waals surface area (Å²) < 4.78 is 0. The van der Waals surface area contributed by atoms with Gasteiger partial charge in [0, 0.05) is 0 Å². The average molecular weight is 76.1 g/mol. The first kappa shape index (κ1) is 3.24. The summed E-state index contributed by atoms with van der Waals surface area (Å²) in [5, 5.41) is 0. The minimum absolute atomic E-state index is 1.82. The van der Waals surface area contributed by atoms with Gasteiger partial charge < -0.3 is 0 Å². The lowest BCUT2D eigenvalue weighted by Crippen LogP contribution is -1.58. The second-order valence-corrected chi connectivity index (χ2v) is 1.00. The summed E-state index contributed by atoms with van der Waals surface area (Å²) >= 11 is 0. The molecule has 0 aromatic carbocycles. The molecule has 0 unspecified atom stereocenters. The molecule has 0 heteroatoms. The highest BCUT2D eigenvalue weighted by Crippen LogP contribution is 1.84. The fraction of sp³-hybridized carbons (Fsp3) is 0. The van der Waals surface area contributed by atoms with Crippen molar-refractivity contribution >= 4 is 0 Å². The lowest BCUT2D eigenvalue weighted by Gasteiger charge is -1.50. The van der Waals surface area contributed by atoms with Gasteiger partial charge in [0.15, 0.2) is 12.2 Å². The molecule has 0 spiro atoms. The van der Waals surface area contributed by atoms with Gasteiger partial charge in [-0.05, 0) is 0 Å². The van der Waals surface area contributed by atoms with E-state index in [4.69, 9.17) is 0 Å². The van der Waals surface area contributed by atoms with E-state index in [1.165, 1.54) is 0 Å². The minimum atomic E-state index is 1.82. The van der Waals surface area contributed by atoms with E-state index < -0.39 is 0 Å². The third kappa shape index (κ3) is 0.498. The molecule has 1 rings (SSSR count). The van der Waals surface area contributed by atoms with Crippen LogP contribution in [0.3, 0.4) is 0 Å². The Morgan fingerprint density at radius 3 is 1.50 bits per heavy atom. The van der Waals surface area contributed by atoms with Crippen LogP contribution in [0.2, 0.25) is 0 Å². The molecule has 6 heavy (non-hydrogen) atoms. The van der Waals surface area contributed by atoms with Crippen molar-refractivity contribution in [2.24, 2.45) is 0 Å². The molecule has 0 bridgehead atoms. The molecule has 0 heterocycles. The molecule has 0 aliphatic heterocycles. The fourth-order valence-electron chi connectivity index (χ4n) is 0.304. The molecule has 0 fully saturated rings. The van der Waals surface area contributed by atoms with E-state index in [1.54, 1.807) is 0 Å². The Balaban J connectivity index is 2.77. The topological polar surface area (TPSA) is 0 Å². The van der Waals surface area contributed by atoms with Crippen LogP contribution in [0.5, 0.6) is 0 Å². The summed E-state index contributed by atoms with van der Waals surface area (Å²) in [6.45, 7) is 0. The van der Waals surface area contributed by atoms with Crippen LogP contribution in [-0.4, -0.2) is 0 Å². The molecule has 0 saturated heterocycles. The summed E-state index contributed by atoms with van der Waals surface area (Å²) in [5.41, 5.74) is 0. The van der Waals surface area contributed by atoms with Gasteiger partial charge in [-0.3, -0.25) is 0 Å². The second kappa shape index (κ2) is 1.47. The van der Waals surface area contributed by atoms with Gasteiger partial charge in [-0.15, -0.1) is 0 Å². The highest BCUT2D eigenvalue weighted by Gasteiger charge is 1.91. The van der Waals surface area contributed by atoms with Crippen molar-refractivity contribution in [1.82, 2.24) is 0 Å². The standard InChI is InChI=1S/C6H4/c1-2-4-6-5-3-1/h1-2,5-6H/q+2. The second-order valence-electron chi connectivity index (χ2n) is 1.00. The van der Waals surface area contributed by atoms with E-state index in [2.05, 4.69) is 12.2 Å². The molecule has 1 aliphatic carbocycles. The lowest BCUT2D eigenvalue weighted by molar-refractivity contribution is 1.71. The van der Waals surface area contributed by atoms with Gasteiger partial charge in [-0.2, -0.15) is 0 Å². The van der Waals surface area contributed by atoms with Crippen LogP contribution in [0.15, 0.2) is 24.3 Å². The maximum absolute atomic E-state index is 2.86. The Morgan fingerprint density at radius 2 is 1.33 bits per heavy atom. The van der Waals surface area contributed by atoms with Crippen molar-refractivity contribution in [2.45, 2.75) is 0 Å². The van der Waals surface area contributed by atoms with Gasteiger partial charge in [-0.25, -0.2) is 0 Å². The van der Waals surface area contributed by atoms with Crippen molar-refractivity contribution in [3.8, 4) is 0 Å². The van der Waals surface area contributed by atoms with Crippen LogP contribution in [-0.2, 0) is 0 Å². The summed E-state index contributed by atoms with van der Waals surface area (Å²) in [6.07, 6.45) is 13.0. The van der Waals surface area contributed by atoms with Crippen molar-refractivity contribution in [3.05, 3.63) is 36.5 Å². The van der Waals surface area contributed by atoms with Gasteiger partial charge in [0.2, 0.25) is 24.3 Å². The van der Waals surface area contributed by atoms with Crippen LogP contribution in [0.1, 0.15) is 0 Å². The Kier molecular flexibility index (Phi) is 0.793. The molecular weight excluding hydrogens is 72.1 g/mol. The van der Waals surface area contributed by atoms with Crippen molar-refractivity contribution in [1.29, 1.82) is 0 Å². The van der Waals surface area contributed by atoms with E-state index in [0.29, 0.717) is 0 Å². The SMILES string of the molecule is [C+]1=CC=[C+]C=C1. The van der Waals surface area contributed by atoms with Crippen LogP contribution >= 0.6 is 0 Å². The molecule has 1 aliphatic rings. The summed E-state index contributed by atoms with van der Waals surface area (Å²) in [7, 11) is 0. The van der Waals surface area contributed by atoms with E-state index in [1.807, 2.05) is 24.3 Å². The monoisotopic (exact) mass is 76.0 g/mol. The largest absolute Gasteiger partial charge is 0.214 e. The molecule has 0 aromatic rings. The third-order valence-electron chi connectivity index (χ3n) is 0.552. The predicted octanol–water partition coefficient (Wildman–Crippen LogP) is 1.27. The zero-order valence-corrected chi connectivity index (χ0v) is 3.31. The number of hydrogen-bond donors (Lipinski definition) is 0.